The highest BCUT2D eigenvalue weighted by atomic mass is 15.3. The first-order valence-corrected chi connectivity index (χ1v) is 5.94. The van der Waals surface area contributed by atoms with Crippen LogP contribution in [0.15, 0.2) is 25.3 Å². The van der Waals surface area contributed by atoms with Crippen LogP contribution in [-0.2, 0) is 0 Å². The fourth-order valence-electron chi connectivity index (χ4n) is 1.72. The van der Waals surface area contributed by atoms with Crippen LogP contribution in [0.5, 0.6) is 0 Å². The monoisotopic (exact) mass is 210 g/mol. The molecule has 2 nitrogen and oxygen atoms in total. The van der Waals surface area contributed by atoms with Gasteiger partial charge in [-0.3, -0.25) is 9.80 Å². The summed E-state index contributed by atoms with van der Waals surface area (Å²) in [4.78, 5) is 4.85. The van der Waals surface area contributed by atoms with Crippen LogP contribution in [-0.4, -0.2) is 42.6 Å². The molecule has 0 fully saturated rings. The van der Waals surface area contributed by atoms with Crippen LogP contribution in [0.25, 0.3) is 0 Å². The van der Waals surface area contributed by atoms with E-state index in [0.717, 1.165) is 32.8 Å². The highest BCUT2D eigenvalue weighted by Gasteiger charge is 2.07. The standard InChI is InChI=1S/C13H26N2/c1-5-9-14(10-6-2)13-15(11-7-3)12-8-4/h5,7H,1,3,6,8-13H2,2,4H3. The average Bonchev–Trinajstić information content (AvgIpc) is 2.19. The van der Waals surface area contributed by atoms with Crippen molar-refractivity contribution in [3.63, 3.8) is 0 Å². The highest BCUT2D eigenvalue weighted by Crippen LogP contribution is 1.98. The van der Waals surface area contributed by atoms with Crippen LogP contribution in [0.1, 0.15) is 26.7 Å². The number of nitrogens with zero attached hydrogens (tertiary/aromatic N) is 2. The molecule has 0 saturated heterocycles. The second-order valence-electron chi connectivity index (χ2n) is 3.87. The van der Waals surface area contributed by atoms with Crippen molar-refractivity contribution in [2.75, 3.05) is 32.8 Å². The molecule has 0 radical (unpaired) electrons. The van der Waals surface area contributed by atoms with E-state index >= 15 is 0 Å². The van der Waals surface area contributed by atoms with Crippen molar-refractivity contribution in [2.24, 2.45) is 0 Å². The minimum atomic E-state index is 0.977. The molecule has 0 rings (SSSR count). The van der Waals surface area contributed by atoms with E-state index in [1.807, 2.05) is 12.2 Å². The molecule has 0 N–H and O–H groups in total. The van der Waals surface area contributed by atoms with Gasteiger partial charge in [0, 0.05) is 13.1 Å². The summed E-state index contributed by atoms with van der Waals surface area (Å²) in [7, 11) is 0. The summed E-state index contributed by atoms with van der Waals surface area (Å²) in [5.41, 5.74) is 0. The molecule has 0 amide bonds. The Morgan fingerprint density at radius 2 is 1.27 bits per heavy atom. The summed E-state index contributed by atoms with van der Waals surface area (Å²) in [5, 5.41) is 0. The predicted molar refractivity (Wildman–Crippen MR) is 69.0 cm³/mol. The molecule has 0 bridgehead atoms. The summed E-state index contributed by atoms with van der Waals surface area (Å²) < 4.78 is 0. The Morgan fingerprint density at radius 3 is 1.53 bits per heavy atom. The first-order chi connectivity index (χ1) is 7.28. The maximum atomic E-state index is 3.80. The molecule has 0 spiro atoms. The van der Waals surface area contributed by atoms with Crippen LogP contribution in [0.2, 0.25) is 0 Å². The summed E-state index contributed by atoms with van der Waals surface area (Å²) in [6.07, 6.45) is 6.35. The van der Waals surface area contributed by atoms with Gasteiger partial charge < -0.3 is 0 Å². The van der Waals surface area contributed by atoms with Gasteiger partial charge in [-0.25, -0.2) is 0 Å². The van der Waals surface area contributed by atoms with Crippen molar-refractivity contribution in [1.82, 2.24) is 9.80 Å². The lowest BCUT2D eigenvalue weighted by Crippen LogP contribution is -2.39. The Kier molecular flexibility index (Phi) is 9.54. The number of rotatable bonds is 10. The van der Waals surface area contributed by atoms with Gasteiger partial charge in [0.1, 0.15) is 0 Å². The molecule has 0 aromatic carbocycles. The van der Waals surface area contributed by atoms with Gasteiger partial charge in [-0.1, -0.05) is 26.0 Å². The lowest BCUT2D eigenvalue weighted by Gasteiger charge is -2.28. The summed E-state index contributed by atoms with van der Waals surface area (Å²) >= 11 is 0. The van der Waals surface area contributed by atoms with E-state index < -0.39 is 0 Å². The highest BCUT2D eigenvalue weighted by molar-refractivity contribution is 4.77. The Balaban J connectivity index is 4.04. The molecular formula is C13H26N2. The molecule has 2 heteroatoms. The second-order valence-corrected chi connectivity index (χ2v) is 3.87. The lowest BCUT2D eigenvalue weighted by molar-refractivity contribution is 0.154. The third-order valence-electron chi connectivity index (χ3n) is 2.25. The Morgan fingerprint density at radius 1 is 0.867 bits per heavy atom. The molecule has 15 heavy (non-hydrogen) atoms. The van der Waals surface area contributed by atoms with Crippen molar-refractivity contribution >= 4 is 0 Å². The maximum absolute atomic E-state index is 3.80. The molecular weight excluding hydrogens is 184 g/mol. The third kappa shape index (κ3) is 7.34. The zero-order chi connectivity index (χ0) is 11.5. The van der Waals surface area contributed by atoms with E-state index in [1.165, 1.54) is 12.8 Å². The van der Waals surface area contributed by atoms with E-state index in [1.54, 1.807) is 0 Å². The van der Waals surface area contributed by atoms with Crippen molar-refractivity contribution < 1.29 is 0 Å². The molecule has 0 aromatic heterocycles. The number of hydrogen-bond acceptors (Lipinski definition) is 2. The van der Waals surface area contributed by atoms with Crippen molar-refractivity contribution in [3.05, 3.63) is 25.3 Å². The van der Waals surface area contributed by atoms with Gasteiger partial charge in [-0.2, -0.15) is 0 Å². The van der Waals surface area contributed by atoms with Crippen molar-refractivity contribution in [3.8, 4) is 0 Å². The lowest BCUT2D eigenvalue weighted by atomic mass is 10.3. The molecule has 0 unspecified atom stereocenters. The van der Waals surface area contributed by atoms with E-state index in [2.05, 4.69) is 36.8 Å². The summed E-state index contributed by atoms with van der Waals surface area (Å²) in [5.74, 6) is 0. The van der Waals surface area contributed by atoms with Crippen molar-refractivity contribution in [1.29, 1.82) is 0 Å². The van der Waals surface area contributed by atoms with Crippen molar-refractivity contribution in [2.45, 2.75) is 26.7 Å². The predicted octanol–water partition coefficient (Wildman–Crippen LogP) is 2.74. The maximum Gasteiger partial charge on any atom is 0.0512 e. The molecule has 0 aliphatic heterocycles. The van der Waals surface area contributed by atoms with Gasteiger partial charge in [0.25, 0.3) is 0 Å². The molecule has 0 atom stereocenters. The van der Waals surface area contributed by atoms with Crippen LogP contribution in [0.4, 0.5) is 0 Å². The number of hydrogen-bond donors (Lipinski definition) is 0. The molecule has 0 saturated carbocycles. The van der Waals surface area contributed by atoms with Crippen LogP contribution >= 0.6 is 0 Å². The van der Waals surface area contributed by atoms with E-state index in [4.69, 9.17) is 0 Å². The van der Waals surface area contributed by atoms with Crippen LogP contribution in [0, 0.1) is 0 Å². The molecule has 0 aliphatic rings. The third-order valence-corrected chi connectivity index (χ3v) is 2.25. The van der Waals surface area contributed by atoms with E-state index in [0.29, 0.717) is 0 Å². The van der Waals surface area contributed by atoms with Gasteiger partial charge in [0.15, 0.2) is 0 Å². The molecule has 0 aromatic rings. The quantitative estimate of drug-likeness (QED) is 0.404. The zero-order valence-corrected chi connectivity index (χ0v) is 10.4. The SMILES string of the molecule is C=CCN(CCC)CN(CC=C)CCC. The Labute approximate surface area is 95.3 Å². The Bertz CT molecular complexity index is 148. The van der Waals surface area contributed by atoms with Gasteiger partial charge in [-0.15, -0.1) is 13.2 Å². The summed E-state index contributed by atoms with van der Waals surface area (Å²) in [6, 6.07) is 0. The fourth-order valence-corrected chi connectivity index (χ4v) is 1.72. The van der Waals surface area contributed by atoms with Gasteiger partial charge in [0.05, 0.1) is 6.67 Å². The molecule has 0 aliphatic carbocycles. The topological polar surface area (TPSA) is 6.48 Å². The van der Waals surface area contributed by atoms with E-state index in [9.17, 15) is 0 Å². The molecule has 88 valence electrons. The minimum Gasteiger partial charge on any atom is -0.287 e. The van der Waals surface area contributed by atoms with E-state index in [-0.39, 0.29) is 0 Å². The summed E-state index contributed by atoms with van der Waals surface area (Å²) in [6.45, 7) is 17.3. The van der Waals surface area contributed by atoms with Gasteiger partial charge >= 0.3 is 0 Å². The van der Waals surface area contributed by atoms with Crippen LogP contribution in [0.3, 0.4) is 0 Å². The first kappa shape index (κ1) is 14.4. The molecule has 0 heterocycles. The normalized spacial score (nSPS) is 10.9. The van der Waals surface area contributed by atoms with Crippen LogP contribution < -0.4 is 0 Å². The first-order valence-electron chi connectivity index (χ1n) is 5.94. The fraction of sp³-hybridized carbons (Fsp3) is 0.692. The van der Waals surface area contributed by atoms with Gasteiger partial charge in [-0.05, 0) is 25.9 Å². The second kappa shape index (κ2) is 9.94. The minimum absolute atomic E-state index is 0.977. The zero-order valence-electron chi connectivity index (χ0n) is 10.4. The smallest absolute Gasteiger partial charge is 0.0512 e. The average molecular weight is 210 g/mol. The van der Waals surface area contributed by atoms with Gasteiger partial charge in [0.2, 0.25) is 0 Å². The largest absolute Gasteiger partial charge is 0.287 e. The Hall–Kier alpha value is -0.600.